The van der Waals surface area contributed by atoms with Gasteiger partial charge < -0.3 is 20.1 Å². The van der Waals surface area contributed by atoms with Crippen LogP contribution < -0.4 is 0 Å². The summed E-state index contributed by atoms with van der Waals surface area (Å²) in [5.74, 6) is -0.829. The fraction of sp³-hybridized carbons (Fsp3) is 0.364. The van der Waals surface area contributed by atoms with Crippen molar-refractivity contribution in [2.75, 3.05) is 6.61 Å². The number of phenols is 1. The van der Waals surface area contributed by atoms with E-state index in [0.29, 0.717) is 5.56 Å². The molecule has 0 bridgehead atoms. The molecule has 0 aliphatic heterocycles. The van der Waals surface area contributed by atoms with Gasteiger partial charge in [-0.05, 0) is 24.6 Å². The van der Waals surface area contributed by atoms with E-state index in [-0.39, 0.29) is 12.4 Å². The van der Waals surface area contributed by atoms with Gasteiger partial charge in [0.15, 0.2) is 6.10 Å². The Morgan fingerprint density at radius 1 is 1.31 bits per heavy atom. The molecule has 0 fully saturated rings. The molecule has 0 saturated carbocycles. The minimum Gasteiger partial charge on any atom is -0.508 e. The Hall–Kier alpha value is -1.59. The van der Waals surface area contributed by atoms with E-state index in [9.17, 15) is 15.0 Å². The molecule has 16 heavy (non-hydrogen) atoms. The number of aliphatic hydroxyl groups excluding tert-OH is 2. The van der Waals surface area contributed by atoms with Gasteiger partial charge in [-0.25, -0.2) is 4.79 Å². The maximum Gasteiger partial charge on any atom is 0.338 e. The van der Waals surface area contributed by atoms with Crippen molar-refractivity contribution >= 4 is 5.97 Å². The van der Waals surface area contributed by atoms with E-state index >= 15 is 0 Å². The third-order valence-corrected chi connectivity index (χ3v) is 2.06. The van der Waals surface area contributed by atoms with Gasteiger partial charge in [-0.1, -0.05) is 12.1 Å². The summed E-state index contributed by atoms with van der Waals surface area (Å²) in [7, 11) is 0. The highest BCUT2D eigenvalue weighted by atomic mass is 16.5. The number of esters is 1. The lowest BCUT2D eigenvalue weighted by atomic mass is 10.0. The van der Waals surface area contributed by atoms with Crippen molar-refractivity contribution in [1.29, 1.82) is 0 Å². The zero-order valence-corrected chi connectivity index (χ0v) is 8.83. The molecular weight excluding hydrogens is 212 g/mol. The second kappa shape index (κ2) is 5.48. The van der Waals surface area contributed by atoms with Gasteiger partial charge in [0.2, 0.25) is 0 Å². The van der Waals surface area contributed by atoms with E-state index in [4.69, 9.17) is 5.11 Å². The van der Waals surface area contributed by atoms with Gasteiger partial charge in [-0.2, -0.15) is 0 Å². The van der Waals surface area contributed by atoms with Crippen LogP contribution in [0.15, 0.2) is 24.3 Å². The lowest BCUT2D eigenvalue weighted by Crippen LogP contribution is -2.29. The maximum absolute atomic E-state index is 11.1. The molecule has 2 atom stereocenters. The van der Waals surface area contributed by atoms with E-state index in [0.717, 1.165) is 0 Å². The van der Waals surface area contributed by atoms with Crippen molar-refractivity contribution < 1.29 is 24.9 Å². The summed E-state index contributed by atoms with van der Waals surface area (Å²) >= 11 is 0. The number of aliphatic hydroxyl groups is 2. The molecule has 5 nitrogen and oxygen atoms in total. The Morgan fingerprint density at radius 2 is 1.88 bits per heavy atom. The summed E-state index contributed by atoms with van der Waals surface area (Å²) in [6, 6.07) is 5.55. The van der Waals surface area contributed by atoms with Crippen LogP contribution in [-0.4, -0.2) is 34.0 Å². The number of carbonyl (C=O) groups excluding carboxylic acids is 1. The lowest BCUT2D eigenvalue weighted by molar-refractivity contribution is -0.159. The van der Waals surface area contributed by atoms with Gasteiger partial charge in [-0.15, -0.1) is 0 Å². The van der Waals surface area contributed by atoms with Crippen LogP contribution in [0.4, 0.5) is 0 Å². The highest BCUT2D eigenvalue weighted by molar-refractivity contribution is 5.75. The number of hydrogen-bond donors (Lipinski definition) is 3. The molecule has 1 aromatic rings. The molecule has 5 heteroatoms. The molecule has 0 spiro atoms. The first-order valence-electron chi connectivity index (χ1n) is 4.88. The van der Waals surface area contributed by atoms with Crippen molar-refractivity contribution in [2.45, 2.75) is 19.1 Å². The topological polar surface area (TPSA) is 87.0 Å². The van der Waals surface area contributed by atoms with E-state index in [1.165, 1.54) is 24.3 Å². The molecule has 0 aliphatic rings. The van der Waals surface area contributed by atoms with Crippen molar-refractivity contribution in [1.82, 2.24) is 0 Å². The lowest BCUT2D eigenvalue weighted by Gasteiger charge is -2.16. The number of hydrogen-bond acceptors (Lipinski definition) is 5. The number of benzene rings is 1. The van der Waals surface area contributed by atoms with Crippen LogP contribution >= 0.6 is 0 Å². The van der Waals surface area contributed by atoms with Crippen LogP contribution in [0.3, 0.4) is 0 Å². The second-order valence-corrected chi connectivity index (χ2v) is 3.23. The van der Waals surface area contributed by atoms with E-state index in [1.807, 2.05) is 0 Å². The summed E-state index contributed by atoms with van der Waals surface area (Å²) in [5, 5.41) is 28.1. The van der Waals surface area contributed by atoms with Gasteiger partial charge in [0.05, 0.1) is 6.61 Å². The SMILES string of the molecule is CCOC(=O)C(O)C(O)c1ccc(O)cc1. The van der Waals surface area contributed by atoms with Crippen LogP contribution in [0.2, 0.25) is 0 Å². The summed E-state index contributed by atoms with van der Waals surface area (Å²) in [5.41, 5.74) is 0.332. The molecule has 88 valence electrons. The van der Waals surface area contributed by atoms with Crippen LogP contribution in [0.5, 0.6) is 5.75 Å². The molecule has 0 aliphatic carbocycles. The van der Waals surface area contributed by atoms with Crippen molar-refractivity contribution in [3.05, 3.63) is 29.8 Å². The molecule has 3 N–H and O–H groups in total. The Kier molecular flexibility index (Phi) is 4.28. The van der Waals surface area contributed by atoms with Crippen LogP contribution in [0.1, 0.15) is 18.6 Å². The summed E-state index contributed by atoms with van der Waals surface area (Å²) in [4.78, 5) is 11.1. The molecule has 0 aromatic heterocycles. The van der Waals surface area contributed by atoms with Crippen molar-refractivity contribution in [3.63, 3.8) is 0 Å². The first-order chi connectivity index (χ1) is 7.56. The average Bonchev–Trinajstić information content (AvgIpc) is 2.28. The van der Waals surface area contributed by atoms with E-state index < -0.39 is 18.2 Å². The van der Waals surface area contributed by atoms with Gasteiger partial charge in [0.1, 0.15) is 11.9 Å². The molecule has 0 radical (unpaired) electrons. The van der Waals surface area contributed by atoms with Crippen molar-refractivity contribution in [2.24, 2.45) is 0 Å². The number of aromatic hydroxyl groups is 1. The summed E-state index contributed by atoms with van der Waals surface area (Å²) < 4.78 is 4.57. The molecule has 1 rings (SSSR count). The summed E-state index contributed by atoms with van der Waals surface area (Å²) in [6.07, 6.45) is -2.98. The fourth-order valence-corrected chi connectivity index (χ4v) is 1.21. The molecule has 0 heterocycles. The zero-order valence-electron chi connectivity index (χ0n) is 8.83. The zero-order chi connectivity index (χ0) is 12.1. The molecule has 0 saturated heterocycles. The second-order valence-electron chi connectivity index (χ2n) is 3.23. The monoisotopic (exact) mass is 226 g/mol. The Morgan fingerprint density at radius 3 is 2.38 bits per heavy atom. The first kappa shape index (κ1) is 12.5. The Bertz CT molecular complexity index is 346. The standard InChI is InChI=1S/C11H14O5/c1-2-16-11(15)10(14)9(13)7-3-5-8(12)6-4-7/h3-6,9-10,12-14H,2H2,1H3. The maximum atomic E-state index is 11.1. The average molecular weight is 226 g/mol. The molecule has 2 unspecified atom stereocenters. The number of ether oxygens (including phenoxy) is 1. The molecule has 0 amide bonds. The van der Waals surface area contributed by atoms with E-state index in [2.05, 4.69) is 4.74 Å². The molecular formula is C11H14O5. The van der Waals surface area contributed by atoms with Gasteiger partial charge in [0, 0.05) is 0 Å². The minimum absolute atomic E-state index is 0.0431. The number of carbonyl (C=O) groups is 1. The molecule has 1 aromatic carbocycles. The third-order valence-electron chi connectivity index (χ3n) is 2.06. The highest BCUT2D eigenvalue weighted by Gasteiger charge is 2.26. The van der Waals surface area contributed by atoms with Crippen LogP contribution in [0, 0.1) is 0 Å². The van der Waals surface area contributed by atoms with Gasteiger partial charge >= 0.3 is 5.97 Å². The van der Waals surface area contributed by atoms with E-state index in [1.54, 1.807) is 6.92 Å². The van der Waals surface area contributed by atoms with Crippen molar-refractivity contribution in [3.8, 4) is 5.75 Å². The largest absolute Gasteiger partial charge is 0.508 e. The smallest absolute Gasteiger partial charge is 0.338 e. The summed E-state index contributed by atoms with van der Waals surface area (Å²) in [6.45, 7) is 1.75. The normalized spacial score (nSPS) is 14.2. The van der Waals surface area contributed by atoms with Crippen LogP contribution in [0.25, 0.3) is 0 Å². The Labute approximate surface area is 92.9 Å². The third kappa shape index (κ3) is 2.95. The minimum atomic E-state index is -1.62. The van der Waals surface area contributed by atoms with Crippen LogP contribution in [-0.2, 0) is 9.53 Å². The quantitative estimate of drug-likeness (QED) is 0.645. The number of rotatable bonds is 4. The van der Waals surface area contributed by atoms with Gasteiger partial charge in [0.25, 0.3) is 0 Å². The van der Waals surface area contributed by atoms with Gasteiger partial charge in [-0.3, -0.25) is 0 Å². The fourth-order valence-electron chi connectivity index (χ4n) is 1.21. The number of phenolic OH excluding ortho intramolecular Hbond substituents is 1. The predicted molar refractivity (Wildman–Crippen MR) is 55.7 cm³/mol. The first-order valence-corrected chi connectivity index (χ1v) is 4.88. The predicted octanol–water partition coefficient (Wildman–Crippen LogP) is 0.350. The Balaban J connectivity index is 2.73. The highest BCUT2D eigenvalue weighted by Crippen LogP contribution is 2.20.